The summed E-state index contributed by atoms with van der Waals surface area (Å²) in [5.41, 5.74) is 1.27. The second-order valence-corrected chi connectivity index (χ2v) is 8.01. The van der Waals surface area contributed by atoms with Crippen LogP contribution in [0.25, 0.3) is 0 Å². The molecule has 1 heterocycles. The van der Waals surface area contributed by atoms with Crippen LogP contribution in [0.4, 0.5) is 18.0 Å². The number of aliphatic imine (C=N–C) groups is 1. The van der Waals surface area contributed by atoms with E-state index in [-0.39, 0.29) is 25.1 Å². The molecule has 2 amide bonds. The molecule has 1 aromatic rings. The van der Waals surface area contributed by atoms with E-state index >= 15 is 0 Å². The molecular formula is C23H36F3N5O2. The molecule has 10 heteroatoms. The fraction of sp³-hybridized carbons (Fsp3) is 0.609. The summed E-state index contributed by atoms with van der Waals surface area (Å²) in [5, 5.41) is 2.70. The van der Waals surface area contributed by atoms with E-state index in [4.69, 9.17) is 4.74 Å². The Morgan fingerprint density at radius 2 is 2.12 bits per heavy atom. The average Bonchev–Trinajstić information content (AvgIpc) is 3.12. The van der Waals surface area contributed by atoms with E-state index in [9.17, 15) is 18.0 Å². The number of urea groups is 1. The van der Waals surface area contributed by atoms with E-state index in [2.05, 4.69) is 21.9 Å². The first kappa shape index (κ1) is 28.4. The van der Waals surface area contributed by atoms with Crippen molar-refractivity contribution in [3.63, 3.8) is 0 Å². The highest BCUT2D eigenvalue weighted by Gasteiger charge is 2.28. The summed E-state index contributed by atoms with van der Waals surface area (Å²) < 4.78 is 45.7. The zero-order valence-electron chi connectivity index (χ0n) is 20.2. The summed E-state index contributed by atoms with van der Waals surface area (Å²) in [7, 11) is 1.85. The van der Waals surface area contributed by atoms with Crippen molar-refractivity contribution < 1.29 is 22.7 Å². The van der Waals surface area contributed by atoms with Gasteiger partial charge in [-0.05, 0) is 40.5 Å². The largest absolute Gasteiger partial charge is 0.389 e. The Morgan fingerprint density at radius 3 is 2.64 bits per heavy atom. The molecular weight excluding hydrogens is 435 g/mol. The molecule has 0 radical (unpaired) electrons. The monoisotopic (exact) mass is 471 g/mol. The van der Waals surface area contributed by atoms with Crippen LogP contribution in [0.5, 0.6) is 0 Å². The van der Waals surface area contributed by atoms with Crippen molar-refractivity contribution in [3.8, 4) is 0 Å². The number of aryl methyl sites for hydroxylation is 1. The lowest BCUT2D eigenvalue weighted by molar-refractivity contribution is -0.136. The zero-order chi connectivity index (χ0) is 25.0. The number of alkyl halides is 3. The molecule has 0 aromatic carbocycles. The van der Waals surface area contributed by atoms with Crippen LogP contribution in [-0.2, 0) is 11.8 Å². The van der Waals surface area contributed by atoms with Gasteiger partial charge in [-0.1, -0.05) is 18.7 Å². The van der Waals surface area contributed by atoms with Crippen LogP contribution in [-0.4, -0.2) is 64.2 Å². The standard InChI is InChI=1S/C23H36F3N5O2/c1-7-31(18(4)5)22(32)29-19(11-12-23(24,25)26)10-8-9-15-33-16-20(28-17(2)3)21-27-13-14-30(21)6/h8,10,13-14,18-19H,2,7,9,11-12,15-16H2,1,3-6H3,(H,29,32)/b10-8-,28-20?. The number of carbonyl (C=O) groups excluding carboxylic acids is 1. The van der Waals surface area contributed by atoms with Gasteiger partial charge in [-0.25, -0.2) is 9.78 Å². The second-order valence-electron chi connectivity index (χ2n) is 8.01. The van der Waals surface area contributed by atoms with E-state index in [0.29, 0.717) is 36.8 Å². The number of hydrogen-bond donors (Lipinski definition) is 1. The summed E-state index contributed by atoms with van der Waals surface area (Å²) in [5.74, 6) is 0.675. The number of amides is 2. The van der Waals surface area contributed by atoms with Crippen LogP contribution in [0.3, 0.4) is 0 Å². The van der Waals surface area contributed by atoms with Gasteiger partial charge in [0.15, 0.2) is 5.82 Å². The van der Waals surface area contributed by atoms with Crippen molar-refractivity contribution in [2.75, 3.05) is 19.8 Å². The fourth-order valence-electron chi connectivity index (χ4n) is 3.12. The lowest BCUT2D eigenvalue weighted by atomic mass is 10.1. The Balaban J connectivity index is 2.66. The van der Waals surface area contributed by atoms with Gasteiger partial charge in [-0.15, -0.1) is 0 Å². The van der Waals surface area contributed by atoms with Gasteiger partial charge in [0, 0.05) is 50.2 Å². The third-order valence-electron chi connectivity index (χ3n) is 4.71. The number of aromatic nitrogens is 2. The highest BCUT2D eigenvalue weighted by atomic mass is 19.4. The minimum absolute atomic E-state index is 0.0515. The first-order valence-corrected chi connectivity index (χ1v) is 11.0. The number of halogens is 3. The molecule has 0 spiro atoms. The topological polar surface area (TPSA) is 71.8 Å². The maximum Gasteiger partial charge on any atom is 0.389 e. The maximum atomic E-state index is 12.7. The molecule has 7 nitrogen and oxygen atoms in total. The normalized spacial score (nSPS) is 13.5. The van der Waals surface area contributed by atoms with Crippen LogP contribution in [0, 0.1) is 0 Å². The van der Waals surface area contributed by atoms with E-state index in [1.165, 1.54) is 0 Å². The van der Waals surface area contributed by atoms with Crippen molar-refractivity contribution in [2.45, 2.75) is 65.2 Å². The Morgan fingerprint density at radius 1 is 1.42 bits per heavy atom. The third-order valence-corrected chi connectivity index (χ3v) is 4.71. The molecule has 1 aromatic heterocycles. The molecule has 0 fully saturated rings. The summed E-state index contributed by atoms with van der Waals surface area (Å²) in [6.45, 7) is 12.1. The number of allylic oxidation sites excluding steroid dienone is 1. The lowest BCUT2D eigenvalue weighted by Crippen LogP contribution is -2.47. The van der Waals surface area contributed by atoms with Gasteiger partial charge >= 0.3 is 12.2 Å². The molecule has 0 aliphatic carbocycles. The molecule has 1 N–H and O–H groups in total. The molecule has 1 unspecified atom stereocenters. The second kappa shape index (κ2) is 13.8. The highest BCUT2D eigenvalue weighted by molar-refractivity contribution is 5.99. The molecule has 0 aliphatic heterocycles. The Kier molecular flexibility index (Phi) is 11.9. The van der Waals surface area contributed by atoms with Crippen molar-refractivity contribution in [1.29, 1.82) is 0 Å². The summed E-state index contributed by atoms with van der Waals surface area (Å²) >= 11 is 0. The molecule has 1 atom stereocenters. The number of rotatable bonds is 13. The number of ether oxygens (including phenoxy) is 1. The van der Waals surface area contributed by atoms with E-state index < -0.39 is 18.6 Å². The molecule has 186 valence electrons. The van der Waals surface area contributed by atoms with Gasteiger partial charge < -0.3 is 19.5 Å². The maximum absolute atomic E-state index is 12.7. The van der Waals surface area contributed by atoms with E-state index in [0.717, 1.165) is 0 Å². The average molecular weight is 472 g/mol. The van der Waals surface area contributed by atoms with E-state index in [1.54, 1.807) is 36.4 Å². The summed E-state index contributed by atoms with van der Waals surface area (Å²) in [4.78, 5) is 22.7. The smallest absolute Gasteiger partial charge is 0.375 e. The van der Waals surface area contributed by atoms with Gasteiger partial charge in [0.05, 0.1) is 13.2 Å². The molecule has 0 saturated carbocycles. The quantitative estimate of drug-likeness (QED) is 0.254. The number of carbonyl (C=O) groups is 1. The molecule has 0 saturated heterocycles. The first-order chi connectivity index (χ1) is 15.4. The lowest BCUT2D eigenvalue weighted by Gasteiger charge is -2.27. The SMILES string of the molecule is C=C(C)N=C(COCC/C=C\C(CCC(F)(F)F)NC(=O)N(CC)C(C)C)c1nccn1C. The Labute approximate surface area is 194 Å². The number of imidazole rings is 1. The van der Waals surface area contributed by atoms with Crippen LogP contribution in [0.1, 0.15) is 52.8 Å². The van der Waals surface area contributed by atoms with Crippen molar-refractivity contribution in [1.82, 2.24) is 19.8 Å². The van der Waals surface area contributed by atoms with Crippen LogP contribution in [0.15, 0.2) is 41.8 Å². The fourth-order valence-corrected chi connectivity index (χ4v) is 3.12. The van der Waals surface area contributed by atoms with Crippen molar-refractivity contribution >= 4 is 11.7 Å². The van der Waals surface area contributed by atoms with Crippen molar-refractivity contribution in [3.05, 3.63) is 42.6 Å². The van der Waals surface area contributed by atoms with Crippen LogP contribution < -0.4 is 5.32 Å². The Hall–Kier alpha value is -2.62. The minimum atomic E-state index is -4.29. The summed E-state index contributed by atoms with van der Waals surface area (Å²) in [6.07, 6.45) is 1.79. The van der Waals surface area contributed by atoms with Gasteiger partial charge in [0.2, 0.25) is 0 Å². The van der Waals surface area contributed by atoms with Gasteiger partial charge in [-0.3, -0.25) is 4.99 Å². The minimum Gasteiger partial charge on any atom is -0.375 e. The molecule has 0 aliphatic rings. The molecule has 0 bridgehead atoms. The molecule has 1 rings (SSSR count). The Bertz CT molecular complexity index is 815. The number of nitrogens with one attached hydrogen (secondary N) is 1. The predicted octanol–water partition coefficient (Wildman–Crippen LogP) is 4.86. The summed E-state index contributed by atoms with van der Waals surface area (Å²) in [6, 6.07) is -1.15. The predicted molar refractivity (Wildman–Crippen MR) is 124 cm³/mol. The van der Waals surface area contributed by atoms with Crippen LogP contribution in [0.2, 0.25) is 0 Å². The van der Waals surface area contributed by atoms with Gasteiger partial charge in [0.25, 0.3) is 0 Å². The van der Waals surface area contributed by atoms with Gasteiger partial charge in [-0.2, -0.15) is 13.2 Å². The molecule has 33 heavy (non-hydrogen) atoms. The van der Waals surface area contributed by atoms with Crippen LogP contribution >= 0.6 is 0 Å². The van der Waals surface area contributed by atoms with Gasteiger partial charge in [0.1, 0.15) is 5.71 Å². The van der Waals surface area contributed by atoms with Crippen molar-refractivity contribution in [2.24, 2.45) is 12.0 Å². The van der Waals surface area contributed by atoms with E-state index in [1.807, 2.05) is 32.4 Å². The number of nitrogens with zero attached hydrogens (tertiary/aromatic N) is 4. The zero-order valence-corrected chi connectivity index (χ0v) is 20.2. The number of hydrogen-bond acceptors (Lipinski definition) is 4. The first-order valence-electron chi connectivity index (χ1n) is 11.0. The third kappa shape index (κ3) is 11.2. The highest BCUT2D eigenvalue weighted by Crippen LogP contribution is 2.22.